The van der Waals surface area contributed by atoms with Gasteiger partial charge in [0.1, 0.15) is 12.4 Å². The topological polar surface area (TPSA) is 71.0 Å². The van der Waals surface area contributed by atoms with Crippen LogP contribution in [0.2, 0.25) is 0 Å². The lowest BCUT2D eigenvalue weighted by molar-refractivity contribution is -0.126. The first-order valence-corrected chi connectivity index (χ1v) is 10.4. The second-order valence-corrected chi connectivity index (χ2v) is 8.26. The molecule has 6 nitrogen and oxygen atoms in total. The number of phenols is 1. The van der Waals surface area contributed by atoms with Crippen molar-refractivity contribution >= 4 is 16.7 Å². The number of hydrogen-bond donors (Lipinski definition) is 2. The molecule has 2 heterocycles. The molecule has 2 aromatic rings. The van der Waals surface area contributed by atoms with Crippen molar-refractivity contribution in [3.8, 4) is 5.75 Å². The van der Waals surface area contributed by atoms with Gasteiger partial charge in [0.05, 0.1) is 11.7 Å². The molecular weight excluding hydrogens is 368 g/mol. The molecule has 2 aliphatic rings. The van der Waals surface area contributed by atoms with Crippen LogP contribution in [0.5, 0.6) is 5.75 Å². The maximum atomic E-state index is 11.6. The number of hydrogen-bond acceptors (Lipinski definition) is 5. The van der Waals surface area contributed by atoms with E-state index >= 15 is 0 Å². The van der Waals surface area contributed by atoms with E-state index in [2.05, 4.69) is 22.3 Å². The molecule has 0 radical (unpaired) electrons. The van der Waals surface area contributed by atoms with Gasteiger partial charge in [0.25, 0.3) is 0 Å². The van der Waals surface area contributed by atoms with Crippen molar-refractivity contribution in [3.05, 3.63) is 42.0 Å². The van der Waals surface area contributed by atoms with Crippen LogP contribution in [0, 0.1) is 0 Å². The van der Waals surface area contributed by atoms with E-state index in [9.17, 15) is 9.90 Å². The van der Waals surface area contributed by atoms with Gasteiger partial charge in [-0.05, 0) is 42.5 Å². The highest BCUT2D eigenvalue weighted by molar-refractivity contribution is 5.87. The van der Waals surface area contributed by atoms with Gasteiger partial charge >= 0.3 is 0 Å². The number of methoxy groups -OCH3 is 1. The van der Waals surface area contributed by atoms with E-state index in [4.69, 9.17) is 9.47 Å². The van der Waals surface area contributed by atoms with Crippen LogP contribution in [0.4, 0.5) is 0 Å². The van der Waals surface area contributed by atoms with Crippen LogP contribution in [0.15, 0.2) is 36.4 Å². The van der Waals surface area contributed by atoms with Crippen molar-refractivity contribution in [3.63, 3.8) is 0 Å². The van der Waals surface area contributed by atoms with Gasteiger partial charge in [0, 0.05) is 38.9 Å². The highest BCUT2D eigenvalue weighted by Crippen LogP contribution is 2.39. The summed E-state index contributed by atoms with van der Waals surface area (Å²) in [6.45, 7) is 3.29. The number of nitrogens with one attached hydrogen (secondary N) is 1. The Balaban J connectivity index is 1.33. The number of phenolic OH excluding ortho intramolecular Hbond substituents is 1. The molecule has 2 aromatic carbocycles. The number of amides is 1. The first kappa shape index (κ1) is 20.1. The molecule has 2 aliphatic heterocycles. The van der Waals surface area contributed by atoms with E-state index in [0.717, 1.165) is 61.7 Å². The molecule has 0 bridgehead atoms. The van der Waals surface area contributed by atoms with E-state index in [1.807, 2.05) is 18.2 Å². The highest BCUT2D eigenvalue weighted by atomic mass is 16.5. The molecule has 6 heteroatoms. The molecule has 2 saturated heterocycles. The van der Waals surface area contributed by atoms with Gasteiger partial charge in [-0.15, -0.1) is 0 Å². The van der Waals surface area contributed by atoms with Crippen molar-refractivity contribution in [2.45, 2.75) is 43.9 Å². The van der Waals surface area contributed by atoms with Crippen LogP contribution in [0.3, 0.4) is 0 Å². The summed E-state index contributed by atoms with van der Waals surface area (Å²) in [5.74, 6) is 0.273. The lowest BCUT2D eigenvalue weighted by Crippen LogP contribution is -2.45. The zero-order valence-electron chi connectivity index (χ0n) is 17.0. The van der Waals surface area contributed by atoms with Crippen LogP contribution >= 0.6 is 0 Å². The number of nitrogens with zero attached hydrogens (tertiary/aromatic N) is 1. The summed E-state index contributed by atoms with van der Waals surface area (Å²) in [6.07, 6.45) is 4.09. The second kappa shape index (κ2) is 8.69. The van der Waals surface area contributed by atoms with E-state index in [1.54, 1.807) is 6.07 Å². The van der Waals surface area contributed by atoms with Crippen molar-refractivity contribution in [1.29, 1.82) is 0 Å². The highest BCUT2D eigenvalue weighted by Gasteiger charge is 2.42. The third-order valence-electron chi connectivity index (χ3n) is 6.31. The minimum absolute atomic E-state index is 0.0616. The van der Waals surface area contributed by atoms with Gasteiger partial charge in [-0.3, -0.25) is 9.69 Å². The molecule has 2 fully saturated rings. The minimum atomic E-state index is -0.0956. The summed E-state index contributed by atoms with van der Waals surface area (Å²) in [6, 6.07) is 12.0. The zero-order valence-corrected chi connectivity index (χ0v) is 17.0. The Morgan fingerprint density at radius 1 is 1.24 bits per heavy atom. The third kappa shape index (κ3) is 4.55. The number of ether oxygens (including phenoxy) is 2. The van der Waals surface area contributed by atoms with Crippen molar-refractivity contribution in [2.75, 3.05) is 33.4 Å². The molecule has 1 amide bonds. The zero-order chi connectivity index (χ0) is 20.3. The lowest BCUT2D eigenvalue weighted by atomic mass is 9.88. The smallest absolute Gasteiger partial charge is 0.246 e. The standard InChI is InChI=1S/C23H30N2O4/c1-28-16-22(27)24-14-18-8-9-23(29-18)10-12-25(13-11-23)15-20-19-5-3-2-4-17(19)6-7-21(20)26/h2-7,18,26H,8-16H2,1H3,(H,24,27). The van der Waals surface area contributed by atoms with E-state index in [-0.39, 0.29) is 24.2 Å². The van der Waals surface area contributed by atoms with E-state index in [1.165, 1.54) is 7.11 Å². The molecule has 0 aromatic heterocycles. The van der Waals surface area contributed by atoms with Crippen LogP contribution in [-0.4, -0.2) is 61.0 Å². The SMILES string of the molecule is COCC(=O)NCC1CCC2(CCN(Cc3c(O)ccc4ccccc34)CC2)O1. The average Bonchev–Trinajstić information content (AvgIpc) is 3.13. The fourth-order valence-corrected chi connectivity index (χ4v) is 4.65. The first-order valence-electron chi connectivity index (χ1n) is 10.4. The summed E-state index contributed by atoms with van der Waals surface area (Å²) in [5.41, 5.74) is 0.943. The summed E-state index contributed by atoms with van der Waals surface area (Å²) >= 11 is 0. The maximum absolute atomic E-state index is 11.6. The lowest BCUT2D eigenvalue weighted by Gasteiger charge is -2.39. The number of aromatic hydroxyl groups is 1. The second-order valence-electron chi connectivity index (χ2n) is 8.26. The Morgan fingerprint density at radius 2 is 2.03 bits per heavy atom. The molecule has 1 spiro atoms. The van der Waals surface area contributed by atoms with Crippen molar-refractivity contribution in [1.82, 2.24) is 10.2 Å². The Hall–Kier alpha value is -2.15. The number of piperidine rings is 1. The van der Waals surface area contributed by atoms with Gasteiger partial charge in [-0.2, -0.15) is 0 Å². The Kier molecular flexibility index (Phi) is 6.04. The summed E-state index contributed by atoms with van der Waals surface area (Å²) < 4.78 is 11.2. The molecule has 4 rings (SSSR count). The van der Waals surface area contributed by atoms with E-state index in [0.29, 0.717) is 12.3 Å². The predicted octanol–water partition coefficient (Wildman–Crippen LogP) is 2.82. The summed E-state index contributed by atoms with van der Waals surface area (Å²) in [7, 11) is 1.52. The fraction of sp³-hybridized carbons (Fsp3) is 0.522. The maximum Gasteiger partial charge on any atom is 0.246 e. The third-order valence-corrected chi connectivity index (χ3v) is 6.31. The molecule has 156 valence electrons. The van der Waals surface area contributed by atoms with Gasteiger partial charge in [-0.25, -0.2) is 0 Å². The Morgan fingerprint density at radius 3 is 2.83 bits per heavy atom. The van der Waals surface area contributed by atoms with Crippen LogP contribution in [-0.2, 0) is 20.8 Å². The van der Waals surface area contributed by atoms with Crippen LogP contribution < -0.4 is 5.32 Å². The number of carbonyl (C=O) groups is 1. The van der Waals surface area contributed by atoms with Gasteiger partial charge in [0.2, 0.25) is 5.91 Å². The average molecular weight is 399 g/mol. The molecule has 1 atom stereocenters. The number of carbonyl (C=O) groups excluding carboxylic acids is 1. The van der Waals surface area contributed by atoms with Crippen molar-refractivity contribution in [2.24, 2.45) is 0 Å². The summed E-state index contributed by atoms with van der Waals surface area (Å²) in [5, 5.41) is 15.6. The Labute approximate surface area is 171 Å². The largest absolute Gasteiger partial charge is 0.508 e. The number of likely N-dealkylation sites (tertiary alicyclic amines) is 1. The number of fused-ring (bicyclic) bond motifs is 1. The predicted molar refractivity (Wildman–Crippen MR) is 112 cm³/mol. The quantitative estimate of drug-likeness (QED) is 0.783. The van der Waals surface area contributed by atoms with Gasteiger partial charge in [0.15, 0.2) is 0 Å². The van der Waals surface area contributed by atoms with E-state index < -0.39 is 0 Å². The Bertz CT molecular complexity index is 861. The minimum Gasteiger partial charge on any atom is -0.508 e. The monoisotopic (exact) mass is 398 g/mol. The summed E-state index contributed by atoms with van der Waals surface area (Å²) in [4.78, 5) is 14.0. The molecule has 29 heavy (non-hydrogen) atoms. The number of benzene rings is 2. The normalized spacial score (nSPS) is 21.6. The fourth-order valence-electron chi connectivity index (χ4n) is 4.65. The molecule has 0 aliphatic carbocycles. The van der Waals surface area contributed by atoms with Gasteiger partial charge in [-0.1, -0.05) is 30.3 Å². The first-order chi connectivity index (χ1) is 14.1. The number of rotatable bonds is 6. The molecule has 0 saturated carbocycles. The van der Waals surface area contributed by atoms with Gasteiger partial charge < -0.3 is 19.9 Å². The molecule has 1 unspecified atom stereocenters. The van der Waals surface area contributed by atoms with Crippen LogP contribution in [0.1, 0.15) is 31.2 Å². The molecule has 2 N–H and O–H groups in total. The van der Waals surface area contributed by atoms with Crippen molar-refractivity contribution < 1.29 is 19.4 Å². The molecular formula is C23H30N2O4. The van der Waals surface area contributed by atoms with Crippen LogP contribution in [0.25, 0.3) is 10.8 Å².